The van der Waals surface area contributed by atoms with Gasteiger partial charge in [-0.1, -0.05) is 0 Å². The van der Waals surface area contributed by atoms with Gasteiger partial charge in [-0.15, -0.1) is 11.3 Å². The minimum Gasteiger partial charge on any atom is -0.388 e. The van der Waals surface area contributed by atoms with Crippen LogP contribution in [0.25, 0.3) is 0 Å². The Morgan fingerprint density at radius 1 is 1.58 bits per heavy atom. The predicted octanol–water partition coefficient (Wildman–Crippen LogP) is 2.84. The molecule has 0 aliphatic carbocycles. The molecule has 0 aliphatic heterocycles. The van der Waals surface area contributed by atoms with E-state index in [4.69, 9.17) is 5.26 Å². The van der Waals surface area contributed by atoms with Crippen LogP contribution in [0.4, 0.5) is 10.7 Å². The Labute approximate surface area is 116 Å². The van der Waals surface area contributed by atoms with Gasteiger partial charge in [0.15, 0.2) is 5.00 Å². The van der Waals surface area contributed by atoms with Gasteiger partial charge in [-0.2, -0.15) is 5.26 Å². The molecule has 0 saturated heterocycles. The summed E-state index contributed by atoms with van der Waals surface area (Å²) in [7, 11) is 0. The Hall–Kier alpha value is -1.65. The molecule has 0 radical (unpaired) electrons. The summed E-state index contributed by atoms with van der Waals surface area (Å²) in [5, 5.41) is 29.8. The smallest absolute Gasteiger partial charge is 0.304 e. The lowest BCUT2D eigenvalue weighted by Crippen LogP contribution is -2.31. The average molecular weight is 283 g/mol. The van der Waals surface area contributed by atoms with Crippen LogP contribution in [0.3, 0.4) is 0 Å². The highest BCUT2D eigenvalue weighted by Crippen LogP contribution is 2.40. The van der Waals surface area contributed by atoms with Gasteiger partial charge in [0.1, 0.15) is 0 Å². The lowest BCUT2D eigenvalue weighted by molar-refractivity contribution is -0.383. The van der Waals surface area contributed by atoms with E-state index in [1.54, 1.807) is 6.92 Å². The first-order valence-corrected chi connectivity index (χ1v) is 6.79. The quantitative estimate of drug-likeness (QED) is 0.640. The summed E-state index contributed by atoms with van der Waals surface area (Å²) in [6, 6.07) is 3.50. The van der Waals surface area contributed by atoms with Crippen LogP contribution >= 0.6 is 11.3 Å². The Kier molecular flexibility index (Phi) is 5.27. The predicted molar refractivity (Wildman–Crippen MR) is 74.3 cm³/mol. The number of nitro groups is 1. The van der Waals surface area contributed by atoms with Crippen LogP contribution in [0, 0.1) is 21.4 Å². The van der Waals surface area contributed by atoms with Crippen LogP contribution < -0.4 is 4.90 Å². The molecule has 1 aromatic heterocycles. The van der Waals surface area contributed by atoms with E-state index in [0.29, 0.717) is 22.8 Å². The molecule has 6 nitrogen and oxygen atoms in total. The molecule has 1 aromatic rings. The Bertz CT molecular complexity index is 491. The maximum atomic E-state index is 11.1. The summed E-state index contributed by atoms with van der Waals surface area (Å²) in [5.74, 6) is 0. The van der Waals surface area contributed by atoms with Crippen molar-refractivity contribution in [2.24, 2.45) is 0 Å². The van der Waals surface area contributed by atoms with E-state index in [0.717, 1.165) is 0 Å². The normalized spacial score (nSPS) is 12.2. The van der Waals surface area contributed by atoms with Gasteiger partial charge in [-0.25, -0.2) is 0 Å². The second-order valence-electron chi connectivity index (χ2n) is 4.47. The van der Waals surface area contributed by atoms with Crippen molar-refractivity contribution in [1.82, 2.24) is 0 Å². The Balaban J connectivity index is 3.20. The van der Waals surface area contributed by atoms with E-state index < -0.39 is 11.0 Å². The highest BCUT2D eigenvalue weighted by molar-refractivity contribution is 7.16. The molecule has 0 fully saturated rings. The molecule has 0 aromatic carbocycles. The van der Waals surface area contributed by atoms with Crippen molar-refractivity contribution in [1.29, 1.82) is 5.26 Å². The highest BCUT2D eigenvalue weighted by Gasteiger charge is 2.26. The summed E-state index contributed by atoms with van der Waals surface area (Å²) < 4.78 is 0. The zero-order valence-electron chi connectivity index (χ0n) is 11.2. The first kappa shape index (κ1) is 15.4. The van der Waals surface area contributed by atoms with Crippen molar-refractivity contribution in [3.05, 3.63) is 21.1 Å². The zero-order chi connectivity index (χ0) is 14.6. The Morgan fingerprint density at radius 3 is 2.63 bits per heavy atom. The summed E-state index contributed by atoms with van der Waals surface area (Å²) in [4.78, 5) is 13.0. The van der Waals surface area contributed by atoms with Gasteiger partial charge >= 0.3 is 5.69 Å². The van der Waals surface area contributed by atoms with Crippen LogP contribution in [0.15, 0.2) is 6.07 Å². The van der Waals surface area contributed by atoms with E-state index in [1.165, 1.54) is 17.4 Å². The topological polar surface area (TPSA) is 90.4 Å². The van der Waals surface area contributed by atoms with E-state index in [9.17, 15) is 15.2 Å². The monoisotopic (exact) mass is 283 g/mol. The largest absolute Gasteiger partial charge is 0.388 e. The summed E-state index contributed by atoms with van der Waals surface area (Å²) in [5.41, 5.74) is -0.00691. The number of nitriles is 1. The molecule has 0 saturated carbocycles. The van der Waals surface area contributed by atoms with Gasteiger partial charge in [-0.3, -0.25) is 10.1 Å². The van der Waals surface area contributed by atoms with Gasteiger partial charge in [0.2, 0.25) is 0 Å². The highest BCUT2D eigenvalue weighted by atomic mass is 32.1. The fraction of sp³-hybridized carbons (Fsp3) is 0.583. The van der Waals surface area contributed by atoms with Gasteiger partial charge < -0.3 is 10.0 Å². The van der Waals surface area contributed by atoms with Crippen molar-refractivity contribution in [3.63, 3.8) is 0 Å². The summed E-state index contributed by atoms with van der Waals surface area (Å²) in [6.07, 6.45) is -0.431. The number of aliphatic hydroxyl groups excluding tert-OH is 1. The van der Waals surface area contributed by atoms with Gasteiger partial charge in [0, 0.05) is 23.5 Å². The van der Waals surface area contributed by atoms with Crippen molar-refractivity contribution in [2.75, 3.05) is 11.4 Å². The number of hydrogen-bond donors (Lipinski definition) is 1. The zero-order valence-corrected chi connectivity index (χ0v) is 12.0. The average Bonchev–Trinajstić information content (AvgIpc) is 2.74. The molecule has 104 valence electrons. The molecular weight excluding hydrogens is 266 g/mol. The molecule has 7 heteroatoms. The minimum atomic E-state index is -0.734. The summed E-state index contributed by atoms with van der Waals surface area (Å²) in [6.45, 7) is 5.86. The van der Waals surface area contributed by atoms with Crippen LogP contribution in [0.5, 0.6) is 0 Å². The van der Waals surface area contributed by atoms with Gasteiger partial charge in [0.25, 0.3) is 0 Å². The number of rotatable bonds is 6. The lowest BCUT2D eigenvalue weighted by atomic mass is 10.2. The number of nitrogens with zero attached hydrogens (tertiary/aromatic N) is 3. The molecular formula is C12H17N3O3S. The third-order valence-electron chi connectivity index (χ3n) is 2.67. The second-order valence-corrected chi connectivity index (χ2v) is 5.53. The maximum Gasteiger partial charge on any atom is 0.304 e. The first-order valence-electron chi connectivity index (χ1n) is 5.98. The molecule has 1 atom stereocenters. The number of aliphatic hydroxyl groups is 1. The van der Waals surface area contributed by atoms with Crippen LogP contribution in [0.2, 0.25) is 0 Å². The van der Waals surface area contributed by atoms with E-state index in [-0.39, 0.29) is 11.7 Å². The molecule has 0 spiro atoms. The van der Waals surface area contributed by atoms with E-state index in [2.05, 4.69) is 0 Å². The molecule has 1 N–H and O–H groups in total. The van der Waals surface area contributed by atoms with E-state index >= 15 is 0 Å². The number of anilines is 1. The third kappa shape index (κ3) is 3.66. The van der Waals surface area contributed by atoms with Crippen molar-refractivity contribution < 1.29 is 10.0 Å². The molecule has 1 heterocycles. The van der Waals surface area contributed by atoms with Crippen molar-refractivity contribution in [2.45, 2.75) is 39.3 Å². The van der Waals surface area contributed by atoms with Gasteiger partial charge in [0.05, 0.1) is 23.5 Å². The number of hydrogen-bond acceptors (Lipinski definition) is 6. The molecule has 0 amide bonds. The second kappa shape index (κ2) is 6.50. The molecule has 0 aliphatic rings. The first-order chi connectivity index (χ1) is 8.88. The standard InChI is InChI=1S/C12H17N3O3S/c1-8(2)14(6-4-5-13)12-10(15(17)18)7-11(19-12)9(3)16/h7-9,16H,4,6H2,1-3H3/t9-/m1/s1. The maximum absolute atomic E-state index is 11.1. The summed E-state index contributed by atoms with van der Waals surface area (Å²) >= 11 is 1.21. The lowest BCUT2D eigenvalue weighted by Gasteiger charge is -2.25. The third-order valence-corrected chi connectivity index (χ3v) is 4.00. The van der Waals surface area contributed by atoms with Gasteiger partial charge in [-0.05, 0) is 20.8 Å². The van der Waals surface area contributed by atoms with Crippen LogP contribution in [-0.2, 0) is 0 Å². The van der Waals surface area contributed by atoms with Crippen LogP contribution in [-0.4, -0.2) is 22.6 Å². The SMILES string of the molecule is CC(C)N(CCC#N)c1sc([C@@H](C)O)cc1[N+](=O)[O-]. The number of thiophene rings is 1. The van der Waals surface area contributed by atoms with Crippen LogP contribution in [0.1, 0.15) is 38.2 Å². The molecule has 0 unspecified atom stereocenters. The molecule has 0 bridgehead atoms. The minimum absolute atomic E-state index is 0.00691. The van der Waals surface area contributed by atoms with Crippen molar-refractivity contribution >= 4 is 22.0 Å². The Morgan fingerprint density at radius 2 is 2.21 bits per heavy atom. The fourth-order valence-corrected chi connectivity index (χ4v) is 2.92. The fourth-order valence-electron chi connectivity index (χ4n) is 1.70. The van der Waals surface area contributed by atoms with Crippen molar-refractivity contribution in [3.8, 4) is 6.07 Å². The molecule has 19 heavy (non-hydrogen) atoms. The van der Waals surface area contributed by atoms with E-state index in [1.807, 2.05) is 24.8 Å². The molecule has 1 rings (SSSR count).